The Labute approximate surface area is 125 Å². The molecule has 2 aromatic rings. The van der Waals surface area contributed by atoms with E-state index in [1.54, 1.807) is 11.3 Å². The number of benzene rings is 1. The highest BCUT2D eigenvalue weighted by atomic mass is 15.1. The van der Waals surface area contributed by atoms with Gasteiger partial charge in [-0.2, -0.15) is 0 Å². The van der Waals surface area contributed by atoms with Crippen LogP contribution in [-0.4, -0.2) is 28.4 Å². The van der Waals surface area contributed by atoms with Crippen molar-refractivity contribution in [2.45, 2.75) is 32.1 Å². The maximum absolute atomic E-state index is 3.76. The number of nitrogens with one attached hydrogen (secondary N) is 1. The molecule has 0 unspecified atom stereocenters. The number of aromatic amines is 1. The number of hydrogen-bond acceptors (Lipinski definition) is 0. The number of hydrogen-bond donors (Lipinski definition) is 1. The zero-order valence-electron chi connectivity index (χ0n) is 12.4. The van der Waals surface area contributed by atoms with Crippen molar-refractivity contribution < 1.29 is 4.58 Å². The maximum Gasteiger partial charge on any atom is 0.206 e. The van der Waals surface area contributed by atoms with E-state index in [2.05, 4.69) is 46.0 Å². The lowest BCUT2D eigenvalue weighted by Gasteiger charge is -2.34. The molecular weight excluding hydrogens is 256 g/mol. The Morgan fingerprint density at radius 2 is 1.90 bits per heavy atom. The van der Waals surface area contributed by atoms with Crippen LogP contribution in [0.2, 0.25) is 0 Å². The molecule has 0 amide bonds. The van der Waals surface area contributed by atoms with E-state index in [0.29, 0.717) is 5.41 Å². The van der Waals surface area contributed by atoms with Crippen molar-refractivity contribution in [2.24, 2.45) is 5.41 Å². The molecule has 1 aromatic carbocycles. The number of nitrogens with zero attached hydrogens (tertiary/aromatic N) is 1. The molecule has 2 heteroatoms. The second kappa shape index (κ2) is 4.09. The fourth-order valence-electron chi connectivity index (χ4n) is 4.83. The second-order valence-corrected chi connectivity index (χ2v) is 6.87. The Balaban J connectivity index is 1.78. The van der Waals surface area contributed by atoms with Crippen molar-refractivity contribution in [1.29, 1.82) is 0 Å². The van der Waals surface area contributed by atoms with Crippen LogP contribution in [-0.2, 0) is 6.42 Å². The Hall–Kier alpha value is -1.83. The summed E-state index contributed by atoms with van der Waals surface area (Å²) in [7, 11) is 0. The Bertz CT molecular complexity index is 783. The molecule has 0 atom stereocenters. The molecule has 1 aliphatic carbocycles. The summed E-state index contributed by atoms with van der Waals surface area (Å²) in [5, 5.41) is 1.44. The lowest BCUT2D eigenvalue weighted by molar-refractivity contribution is -0.538. The molecule has 1 N–H and O–H groups in total. The number of para-hydroxylation sites is 1. The molecule has 1 aromatic heterocycles. The Morgan fingerprint density at radius 1 is 1.05 bits per heavy atom. The summed E-state index contributed by atoms with van der Waals surface area (Å²) in [6.45, 7) is 2.44. The van der Waals surface area contributed by atoms with Crippen LogP contribution in [0.1, 0.15) is 36.9 Å². The summed E-state index contributed by atoms with van der Waals surface area (Å²) in [5.74, 6) is 0. The zero-order chi connectivity index (χ0) is 13.9. The van der Waals surface area contributed by atoms with E-state index in [-0.39, 0.29) is 0 Å². The first-order valence-corrected chi connectivity index (χ1v) is 8.25. The van der Waals surface area contributed by atoms with Gasteiger partial charge >= 0.3 is 0 Å². The molecule has 21 heavy (non-hydrogen) atoms. The Kier molecular flexibility index (Phi) is 2.30. The van der Waals surface area contributed by atoms with E-state index in [4.69, 9.17) is 0 Å². The van der Waals surface area contributed by atoms with Crippen molar-refractivity contribution in [3.63, 3.8) is 0 Å². The van der Waals surface area contributed by atoms with Gasteiger partial charge < -0.3 is 4.98 Å². The fraction of sp³-hybridized carbons (Fsp3) is 0.421. The first kappa shape index (κ1) is 11.8. The van der Waals surface area contributed by atoms with Gasteiger partial charge in [0.05, 0.1) is 5.41 Å². The topological polar surface area (TPSA) is 18.8 Å². The van der Waals surface area contributed by atoms with Gasteiger partial charge in [0.15, 0.2) is 0 Å². The molecule has 5 rings (SSSR count). The third-order valence-electron chi connectivity index (χ3n) is 5.77. The molecule has 2 aliphatic heterocycles. The zero-order valence-corrected chi connectivity index (χ0v) is 12.4. The molecule has 0 saturated heterocycles. The normalized spacial score (nSPS) is 22.9. The number of allylic oxidation sites excluding steroid dienone is 2. The fourth-order valence-corrected chi connectivity index (χ4v) is 4.83. The third kappa shape index (κ3) is 1.51. The molecule has 2 nitrogen and oxygen atoms in total. The van der Waals surface area contributed by atoms with E-state index >= 15 is 0 Å². The summed E-state index contributed by atoms with van der Waals surface area (Å²) < 4.78 is 2.67. The number of aromatic nitrogens is 1. The van der Waals surface area contributed by atoms with E-state index in [9.17, 15) is 0 Å². The van der Waals surface area contributed by atoms with Crippen LogP contribution >= 0.6 is 0 Å². The number of H-pyrrole nitrogens is 1. The van der Waals surface area contributed by atoms with Gasteiger partial charge in [0.1, 0.15) is 18.8 Å². The summed E-state index contributed by atoms with van der Waals surface area (Å²) in [4.78, 5) is 3.76. The first-order valence-electron chi connectivity index (χ1n) is 8.25. The van der Waals surface area contributed by atoms with Gasteiger partial charge in [-0.3, -0.25) is 0 Å². The standard InChI is InChI=1S/C19H20N2/c1-2-7-16-14(6-1)15-8-13-21-12-5-11-19(9-3-4-10-19)18(21)17(15)20-16/h1-4,6-7H,5,8-13H2/p+1. The average Bonchev–Trinajstić information content (AvgIpc) is 3.12. The van der Waals surface area contributed by atoms with Gasteiger partial charge in [0.2, 0.25) is 5.71 Å². The second-order valence-electron chi connectivity index (χ2n) is 6.87. The minimum atomic E-state index is 0.383. The molecule has 3 aliphatic rings. The lowest BCUT2D eigenvalue weighted by Crippen LogP contribution is -2.45. The molecule has 106 valence electrons. The minimum Gasteiger partial charge on any atom is -0.350 e. The molecule has 1 spiro atoms. The summed E-state index contributed by atoms with van der Waals surface area (Å²) >= 11 is 0. The number of fused-ring (bicyclic) bond motifs is 5. The molecule has 3 heterocycles. The van der Waals surface area contributed by atoms with Crippen LogP contribution < -0.4 is 0 Å². The smallest absolute Gasteiger partial charge is 0.206 e. The summed E-state index contributed by atoms with van der Waals surface area (Å²) in [6, 6.07) is 8.81. The number of rotatable bonds is 0. The van der Waals surface area contributed by atoms with Gasteiger partial charge in [0.25, 0.3) is 0 Å². The average molecular weight is 277 g/mol. The van der Waals surface area contributed by atoms with Crippen molar-refractivity contribution in [1.82, 2.24) is 4.98 Å². The molecule has 0 bridgehead atoms. The van der Waals surface area contributed by atoms with Gasteiger partial charge in [-0.1, -0.05) is 30.4 Å². The van der Waals surface area contributed by atoms with Crippen LogP contribution in [0, 0.1) is 5.41 Å². The highest BCUT2D eigenvalue weighted by molar-refractivity contribution is 6.06. The van der Waals surface area contributed by atoms with Gasteiger partial charge in [0, 0.05) is 23.7 Å². The predicted molar refractivity (Wildman–Crippen MR) is 86.1 cm³/mol. The van der Waals surface area contributed by atoms with Gasteiger partial charge in [-0.15, -0.1) is 0 Å². The summed E-state index contributed by atoms with van der Waals surface area (Å²) in [6.07, 6.45) is 11.1. The molecular formula is C19H21N2+. The van der Waals surface area contributed by atoms with Crippen molar-refractivity contribution in [2.75, 3.05) is 13.1 Å². The van der Waals surface area contributed by atoms with Crippen molar-refractivity contribution in [3.8, 4) is 0 Å². The van der Waals surface area contributed by atoms with Crippen LogP contribution in [0.4, 0.5) is 0 Å². The monoisotopic (exact) mass is 277 g/mol. The SMILES string of the molecule is C1=CCC2(C1)CCC[N+]1=C2c2[nH]c3ccccc3c2CC1. The van der Waals surface area contributed by atoms with Crippen LogP contribution in [0.15, 0.2) is 36.4 Å². The van der Waals surface area contributed by atoms with Crippen molar-refractivity contribution >= 4 is 16.6 Å². The van der Waals surface area contributed by atoms with Crippen molar-refractivity contribution in [3.05, 3.63) is 47.7 Å². The third-order valence-corrected chi connectivity index (χ3v) is 5.77. The Morgan fingerprint density at radius 3 is 2.81 bits per heavy atom. The van der Waals surface area contributed by atoms with E-state index < -0.39 is 0 Å². The highest BCUT2D eigenvalue weighted by Gasteiger charge is 2.48. The van der Waals surface area contributed by atoms with E-state index in [0.717, 1.165) is 0 Å². The minimum absolute atomic E-state index is 0.383. The van der Waals surface area contributed by atoms with Crippen LogP contribution in [0.5, 0.6) is 0 Å². The maximum atomic E-state index is 3.76. The predicted octanol–water partition coefficient (Wildman–Crippen LogP) is 3.66. The van der Waals surface area contributed by atoms with E-state index in [1.165, 1.54) is 61.8 Å². The molecule has 0 radical (unpaired) electrons. The molecule has 0 fully saturated rings. The largest absolute Gasteiger partial charge is 0.350 e. The highest BCUT2D eigenvalue weighted by Crippen LogP contribution is 2.45. The van der Waals surface area contributed by atoms with Crippen LogP contribution in [0.25, 0.3) is 10.9 Å². The van der Waals surface area contributed by atoms with Gasteiger partial charge in [-0.05, 0) is 30.9 Å². The van der Waals surface area contributed by atoms with E-state index in [1.807, 2.05) is 0 Å². The first-order chi connectivity index (χ1) is 10.4. The van der Waals surface area contributed by atoms with Crippen LogP contribution in [0.3, 0.4) is 0 Å². The molecule has 0 saturated carbocycles. The quantitative estimate of drug-likeness (QED) is 0.560. The lowest BCUT2D eigenvalue weighted by atomic mass is 9.71. The summed E-state index contributed by atoms with van der Waals surface area (Å²) in [5.41, 5.74) is 6.32. The van der Waals surface area contributed by atoms with Gasteiger partial charge in [-0.25, -0.2) is 4.58 Å².